The molecule has 1 amide bonds. The number of aliphatic imine (C=N–C) groups is 1. The highest BCUT2D eigenvalue weighted by molar-refractivity contribution is 5.78. The molecule has 3 N–H and O–H groups in total. The standard InChI is InChI=1S/C28H48N6O3.C3H6.2H2/c1-9-23-13-14-24(33-26(23)29-8)12-10-11-17-34(19-16-30-22(4)35)18-15-25(32-20-31-21(2)3)27(36)37-28(5,6)7;1-3-2;;/h13-14,20,25H,2,9-12,15-19H2,1,3-8H3,(H,29,33)(H,30,35)(H,31,32);3H,1H2,2H3;2*1H/t25-;;;/m0.../s1. The van der Waals surface area contributed by atoms with E-state index in [0.717, 1.165) is 49.4 Å². The zero-order valence-corrected chi connectivity index (χ0v) is 26.2. The molecule has 0 aliphatic carbocycles. The van der Waals surface area contributed by atoms with Crippen molar-refractivity contribution >= 4 is 24.0 Å². The number of amides is 1. The number of carbonyl (C=O) groups is 2. The maximum absolute atomic E-state index is 12.8. The molecule has 0 spiro atoms. The number of aryl methyl sites for hydroxylation is 2. The Morgan fingerprint density at radius 2 is 1.88 bits per heavy atom. The van der Waals surface area contributed by atoms with Crippen molar-refractivity contribution in [3.05, 3.63) is 48.3 Å². The number of esters is 1. The van der Waals surface area contributed by atoms with E-state index in [9.17, 15) is 9.59 Å². The van der Waals surface area contributed by atoms with Gasteiger partial charge in [-0.15, -0.1) is 6.58 Å². The maximum Gasteiger partial charge on any atom is 0.331 e. The summed E-state index contributed by atoms with van der Waals surface area (Å²) in [6.45, 7) is 22.8. The van der Waals surface area contributed by atoms with Gasteiger partial charge in [-0.1, -0.05) is 25.6 Å². The van der Waals surface area contributed by atoms with Gasteiger partial charge in [-0.05, 0) is 84.9 Å². The largest absolute Gasteiger partial charge is 0.458 e. The minimum Gasteiger partial charge on any atom is -0.458 e. The van der Waals surface area contributed by atoms with Crippen molar-refractivity contribution in [2.45, 2.75) is 92.2 Å². The zero-order valence-electron chi connectivity index (χ0n) is 26.2. The van der Waals surface area contributed by atoms with Gasteiger partial charge in [0.2, 0.25) is 5.91 Å². The number of anilines is 1. The monoisotopic (exact) mass is 562 g/mol. The Balaban J connectivity index is -0.00000291. The van der Waals surface area contributed by atoms with E-state index in [1.807, 2.05) is 41.7 Å². The number of ether oxygens (including phenoxy) is 1. The van der Waals surface area contributed by atoms with Crippen molar-refractivity contribution in [3.63, 3.8) is 0 Å². The number of rotatable bonds is 17. The zero-order chi connectivity index (χ0) is 30.6. The fraction of sp³-hybridized carbons (Fsp3) is 0.613. The SMILES string of the molecule is C=C(C)NC=N[C@@H](CCN(CCCCc1ccc(CC)c(NC)n1)CCNC(C)=O)C(=O)OC(C)(C)C.C=CC.[HH].[HH]. The smallest absolute Gasteiger partial charge is 0.331 e. The van der Waals surface area contributed by atoms with Crippen LogP contribution in [0.5, 0.6) is 0 Å². The van der Waals surface area contributed by atoms with Crippen molar-refractivity contribution in [3.8, 4) is 0 Å². The molecule has 0 radical (unpaired) electrons. The summed E-state index contributed by atoms with van der Waals surface area (Å²) < 4.78 is 5.59. The molecule has 1 heterocycles. The quantitative estimate of drug-likeness (QED) is 0.0769. The summed E-state index contributed by atoms with van der Waals surface area (Å²) in [4.78, 5) is 35.6. The van der Waals surface area contributed by atoms with Crippen LogP contribution in [0.1, 0.15) is 81.8 Å². The van der Waals surface area contributed by atoms with Crippen LogP contribution >= 0.6 is 0 Å². The average Bonchev–Trinajstić information content (AvgIpc) is 2.86. The van der Waals surface area contributed by atoms with E-state index >= 15 is 0 Å². The molecule has 230 valence electrons. The molecule has 1 atom stereocenters. The van der Waals surface area contributed by atoms with Gasteiger partial charge in [0.1, 0.15) is 11.4 Å². The summed E-state index contributed by atoms with van der Waals surface area (Å²) in [5.41, 5.74) is 2.45. The first kappa shape index (κ1) is 36.8. The molecule has 0 fully saturated rings. The number of allylic oxidation sites excluding steroid dienone is 2. The lowest BCUT2D eigenvalue weighted by atomic mass is 10.1. The van der Waals surface area contributed by atoms with E-state index in [2.05, 4.69) is 58.1 Å². The summed E-state index contributed by atoms with van der Waals surface area (Å²) in [6, 6.07) is 3.63. The van der Waals surface area contributed by atoms with Crippen LogP contribution in [0.25, 0.3) is 0 Å². The summed E-state index contributed by atoms with van der Waals surface area (Å²) in [7, 11) is 1.90. The fourth-order valence-corrected chi connectivity index (χ4v) is 3.70. The minimum absolute atomic E-state index is 0. The molecular formula is C31H58N6O3. The highest BCUT2D eigenvalue weighted by Crippen LogP contribution is 2.16. The van der Waals surface area contributed by atoms with Crippen LogP contribution in [0.4, 0.5) is 5.82 Å². The van der Waals surface area contributed by atoms with E-state index < -0.39 is 11.6 Å². The lowest BCUT2D eigenvalue weighted by molar-refractivity contribution is -0.156. The molecule has 0 aliphatic rings. The Kier molecular flexibility index (Phi) is 19.0. The topological polar surface area (TPSA) is 108 Å². The van der Waals surface area contributed by atoms with Crippen molar-refractivity contribution in [1.82, 2.24) is 20.5 Å². The first-order valence-corrected chi connectivity index (χ1v) is 14.2. The van der Waals surface area contributed by atoms with E-state index in [-0.39, 0.29) is 14.7 Å². The summed E-state index contributed by atoms with van der Waals surface area (Å²) in [5.74, 6) is 0.548. The van der Waals surface area contributed by atoms with Gasteiger partial charge >= 0.3 is 5.97 Å². The molecule has 0 saturated heterocycles. The predicted molar refractivity (Wildman–Crippen MR) is 172 cm³/mol. The minimum atomic E-state index is -0.629. The third-order valence-corrected chi connectivity index (χ3v) is 5.58. The first-order chi connectivity index (χ1) is 18.9. The number of carbonyl (C=O) groups excluding carboxylic acids is 2. The molecule has 9 heteroatoms. The molecular weight excluding hydrogens is 504 g/mol. The van der Waals surface area contributed by atoms with Crippen molar-refractivity contribution in [2.24, 2.45) is 4.99 Å². The van der Waals surface area contributed by atoms with Crippen LogP contribution in [0.3, 0.4) is 0 Å². The molecule has 1 aromatic heterocycles. The van der Waals surface area contributed by atoms with Crippen molar-refractivity contribution in [2.75, 3.05) is 38.5 Å². The van der Waals surface area contributed by atoms with Gasteiger partial charge in [-0.3, -0.25) is 9.79 Å². The molecule has 0 bridgehead atoms. The van der Waals surface area contributed by atoms with Crippen LogP contribution in [0.2, 0.25) is 0 Å². The Bertz CT molecular complexity index is 951. The second-order valence-corrected chi connectivity index (χ2v) is 10.6. The summed E-state index contributed by atoms with van der Waals surface area (Å²) >= 11 is 0. The third-order valence-electron chi connectivity index (χ3n) is 5.58. The van der Waals surface area contributed by atoms with E-state index in [4.69, 9.17) is 9.72 Å². The van der Waals surface area contributed by atoms with Gasteiger partial charge < -0.3 is 25.6 Å². The Labute approximate surface area is 245 Å². The molecule has 0 aromatic carbocycles. The van der Waals surface area contributed by atoms with Crippen LogP contribution in [0.15, 0.2) is 42.1 Å². The summed E-state index contributed by atoms with van der Waals surface area (Å²) in [5, 5.41) is 8.99. The van der Waals surface area contributed by atoms with Gasteiger partial charge in [0.25, 0.3) is 0 Å². The van der Waals surface area contributed by atoms with Gasteiger partial charge in [0.05, 0.1) is 6.34 Å². The molecule has 40 heavy (non-hydrogen) atoms. The number of unbranched alkanes of at least 4 members (excludes halogenated alkanes) is 1. The molecule has 1 aromatic rings. The van der Waals surface area contributed by atoms with Gasteiger partial charge in [0.15, 0.2) is 6.04 Å². The highest BCUT2D eigenvalue weighted by atomic mass is 16.6. The maximum atomic E-state index is 12.8. The third kappa shape index (κ3) is 18.2. The second kappa shape index (κ2) is 20.7. The highest BCUT2D eigenvalue weighted by Gasteiger charge is 2.25. The van der Waals surface area contributed by atoms with Crippen LogP contribution in [-0.4, -0.2) is 73.0 Å². The molecule has 9 nitrogen and oxygen atoms in total. The van der Waals surface area contributed by atoms with E-state index in [0.29, 0.717) is 26.1 Å². The van der Waals surface area contributed by atoms with Gasteiger partial charge in [0, 0.05) is 47.8 Å². The first-order valence-electron chi connectivity index (χ1n) is 14.2. The van der Waals surface area contributed by atoms with Gasteiger partial charge in [-0.25, -0.2) is 9.78 Å². The lowest BCUT2D eigenvalue weighted by Crippen LogP contribution is -2.38. The average molecular weight is 563 g/mol. The summed E-state index contributed by atoms with van der Waals surface area (Å²) in [6.07, 6.45) is 7.59. The Hall–Kier alpha value is -3.20. The number of pyridine rings is 1. The molecule has 0 unspecified atom stereocenters. The van der Waals surface area contributed by atoms with Crippen molar-refractivity contribution < 1.29 is 17.2 Å². The second-order valence-electron chi connectivity index (χ2n) is 10.6. The fourth-order valence-electron chi connectivity index (χ4n) is 3.70. The molecule has 0 aliphatic heterocycles. The number of aromatic nitrogens is 1. The Morgan fingerprint density at radius 3 is 2.42 bits per heavy atom. The van der Waals surface area contributed by atoms with E-state index in [1.54, 1.807) is 6.08 Å². The van der Waals surface area contributed by atoms with Crippen LogP contribution < -0.4 is 16.0 Å². The number of hydrogen-bond acceptors (Lipinski definition) is 7. The predicted octanol–water partition coefficient (Wildman–Crippen LogP) is 5.38. The van der Waals surface area contributed by atoms with Crippen molar-refractivity contribution in [1.29, 1.82) is 0 Å². The molecule has 0 saturated carbocycles. The van der Waals surface area contributed by atoms with Crippen LogP contribution in [0, 0.1) is 0 Å². The van der Waals surface area contributed by atoms with Crippen LogP contribution in [-0.2, 0) is 27.2 Å². The lowest BCUT2D eigenvalue weighted by Gasteiger charge is -2.26. The van der Waals surface area contributed by atoms with E-state index in [1.165, 1.54) is 18.8 Å². The Morgan fingerprint density at radius 1 is 1.20 bits per heavy atom. The normalized spacial score (nSPS) is 11.8. The van der Waals surface area contributed by atoms with Gasteiger partial charge in [-0.2, -0.15) is 0 Å². The number of nitrogens with zero attached hydrogens (tertiary/aromatic N) is 3. The number of nitrogens with one attached hydrogen (secondary N) is 3. The number of hydrogen-bond donors (Lipinski definition) is 3. The molecule has 1 rings (SSSR count).